The van der Waals surface area contributed by atoms with Crippen LogP contribution in [-0.4, -0.2) is 43.4 Å². The lowest BCUT2D eigenvalue weighted by molar-refractivity contribution is 0.1000. The van der Waals surface area contributed by atoms with E-state index in [0.717, 1.165) is 24.4 Å². The minimum atomic E-state index is -0.425. The number of likely N-dealkylation sites (tertiary alicyclic amines) is 1. The number of hydrogen-bond acceptors (Lipinski definition) is 4. The van der Waals surface area contributed by atoms with Crippen LogP contribution < -0.4 is 16.4 Å². The van der Waals surface area contributed by atoms with Crippen molar-refractivity contribution in [3.05, 3.63) is 59.5 Å². The third kappa shape index (κ3) is 5.96. The summed E-state index contributed by atoms with van der Waals surface area (Å²) in [5, 5.41) is 6.67. The van der Waals surface area contributed by atoms with Crippen molar-refractivity contribution in [1.82, 2.24) is 15.5 Å². The first-order valence-electron chi connectivity index (χ1n) is 9.28. The van der Waals surface area contributed by atoms with Gasteiger partial charge in [0.2, 0.25) is 5.91 Å². The van der Waals surface area contributed by atoms with Gasteiger partial charge >= 0.3 is 0 Å². The first kappa shape index (κ1) is 22.2. The van der Waals surface area contributed by atoms with Crippen LogP contribution in [0.15, 0.2) is 52.1 Å². The molecule has 1 fully saturated rings. The summed E-state index contributed by atoms with van der Waals surface area (Å²) in [7, 11) is 1.74. The smallest absolute Gasteiger partial charge is 0.248 e. The monoisotopic (exact) mass is 497 g/mol. The number of guanidine groups is 1. The van der Waals surface area contributed by atoms with E-state index in [9.17, 15) is 4.79 Å². The number of primary amides is 1. The number of nitrogens with zero attached hydrogens (tertiary/aromatic N) is 2. The van der Waals surface area contributed by atoms with E-state index >= 15 is 0 Å². The van der Waals surface area contributed by atoms with Gasteiger partial charge in [-0.2, -0.15) is 0 Å². The zero-order valence-electron chi connectivity index (χ0n) is 16.1. The van der Waals surface area contributed by atoms with Crippen molar-refractivity contribution < 1.29 is 9.21 Å². The van der Waals surface area contributed by atoms with Crippen molar-refractivity contribution >= 4 is 35.8 Å². The van der Waals surface area contributed by atoms with Crippen molar-refractivity contribution in [3.63, 3.8) is 0 Å². The molecule has 1 amide bonds. The first-order valence-corrected chi connectivity index (χ1v) is 9.28. The van der Waals surface area contributed by atoms with Crippen molar-refractivity contribution in [2.45, 2.75) is 25.4 Å². The first-order chi connectivity index (χ1) is 13.2. The number of nitrogens with two attached hydrogens (primary N) is 1. The number of halogens is 1. The molecule has 152 valence electrons. The number of rotatable bonds is 7. The van der Waals surface area contributed by atoms with E-state index in [1.807, 2.05) is 24.3 Å². The largest absolute Gasteiger partial charge is 0.468 e. The van der Waals surface area contributed by atoms with E-state index < -0.39 is 5.91 Å². The molecule has 1 aromatic heterocycles. The normalized spacial score (nSPS) is 15.7. The molecular weight excluding hydrogens is 469 g/mol. The molecule has 28 heavy (non-hydrogen) atoms. The summed E-state index contributed by atoms with van der Waals surface area (Å²) in [6, 6.07) is 11.4. The maximum absolute atomic E-state index is 11.3. The highest BCUT2D eigenvalue weighted by Crippen LogP contribution is 2.24. The molecule has 7 nitrogen and oxygen atoms in total. The number of carbonyl (C=O) groups is 1. The summed E-state index contributed by atoms with van der Waals surface area (Å²) in [5.41, 5.74) is 6.82. The molecule has 2 aromatic rings. The Balaban J connectivity index is 0.00000280. The standard InChI is InChI=1S/C20H27N5O2.HI/c1-22-20(23-13-15-6-4-7-16(12-15)19(21)26)24-14-17(18-8-5-11-27-18)25-9-2-3-10-25;/h4-8,11-12,17H,2-3,9-10,13-14H2,1H3,(H2,21,26)(H2,22,23,24);1H. The molecule has 1 aliphatic rings. The molecule has 1 aliphatic heterocycles. The van der Waals surface area contributed by atoms with Gasteiger partial charge in [-0.1, -0.05) is 12.1 Å². The number of nitrogens with one attached hydrogen (secondary N) is 2. The Morgan fingerprint density at radius 1 is 1.25 bits per heavy atom. The second-order valence-corrected chi connectivity index (χ2v) is 6.65. The van der Waals surface area contributed by atoms with Crippen LogP contribution in [0.5, 0.6) is 0 Å². The Morgan fingerprint density at radius 3 is 2.68 bits per heavy atom. The predicted octanol–water partition coefficient (Wildman–Crippen LogP) is 2.50. The van der Waals surface area contributed by atoms with Crippen molar-refractivity contribution in [2.24, 2.45) is 10.7 Å². The molecule has 1 aromatic carbocycles. The van der Waals surface area contributed by atoms with Crippen LogP contribution in [0, 0.1) is 0 Å². The molecule has 1 atom stereocenters. The second kappa shape index (κ2) is 11.1. The van der Waals surface area contributed by atoms with Gasteiger partial charge in [-0.3, -0.25) is 14.7 Å². The molecule has 2 heterocycles. The van der Waals surface area contributed by atoms with E-state index in [1.54, 1.807) is 25.4 Å². The summed E-state index contributed by atoms with van der Waals surface area (Å²) in [6.07, 6.45) is 4.16. The van der Waals surface area contributed by atoms with E-state index in [4.69, 9.17) is 10.2 Å². The molecule has 0 aliphatic carbocycles. The summed E-state index contributed by atoms with van der Waals surface area (Å²) in [6.45, 7) is 3.42. The third-order valence-corrected chi connectivity index (χ3v) is 4.81. The summed E-state index contributed by atoms with van der Waals surface area (Å²) in [5.74, 6) is 1.25. The minimum absolute atomic E-state index is 0. The molecule has 1 unspecified atom stereocenters. The molecule has 0 saturated carbocycles. The van der Waals surface area contributed by atoms with Gasteiger partial charge in [-0.15, -0.1) is 24.0 Å². The molecule has 1 saturated heterocycles. The summed E-state index contributed by atoms with van der Waals surface area (Å²) in [4.78, 5) is 18.0. The van der Waals surface area contributed by atoms with Gasteiger partial charge < -0.3 is 20.8 Å². The molecular formula is C20H28IN5O2. The van der Waals surface area contributed by atoms with Crippen molar-refractivity contribution in [1.29, 1.82) is 0 Å². The Morgan fingerprint density at radius 2 is 2.04 bits per heavy atom. The zero-order chi connectivity index (χ0) is 19.1. The van der Waals surface area contributed by atoms with Crippen LogP contribution in [0.3, 0.4) is 0 Å². The second-order valence-electron chi connectivity index (χ2n) is 6.65. The van der Waals surface area contributed by atoms with Gasteiger partial charge in [-0.05, 0) is 55.8 Å². The maximum atomic E-state index is 11.3. The number of furan rings is 1. The molecule has 0 bridgehead atoms. The lowest BCUT2D eigenvalue weighted by atomic mass is 10.1. The van der Waals surface area contributed by atoms with Crippen LogP contribution in [0.4, 0.5) is 0 Å². The number of carbonyl (C=O) groups excluding carboxylic acids is 1. The van der Waals surface area contributed by atoms with Gasteiger partial charge in [0, 0.05) is 25.7 Å². The van der Waals surface area contributed by atoms with Gasteiger partial charge in [0.15, 0.2) is 5.96 Å². The topological polar surface area (TPSA) is 95.9 Å². The number of aliphatic imine (C=N–C) groups is 1. The SMILES string of the molecule is CN=C(NCc1cccc(C(N)=O)c1)NCC(c1ccco1)N1CCCC1.I. The average molecular weight is 497 g/mol. The van der Waals surface area contributed by atoms with Crippen LogP contribution in [-0.2, 0) is 6.54 Å². The Bertz CT molecular complexity index is 773. The van der Waals surface area contributed by atoms with Crippen LogP contribution in [0.2, 0.25) is 0 Å². The van der Waals surface area contributed by atoms with Crippen LogP contribution in [0.1, 0.15) is 40.6 Å². The molecule has 3 rings (SSSR count). The molecule has 0 radical (unpaired) electrons. The van der Waals surface area contributed by atoms with E-state index in [2.05, 4.69) is 20.5 Å². The van der Waals surface area contributed by atoms with Crippen LogP contribution in [0.25, 0.3) is 0 Å². The Labute approximate surface area is 182 Å². The third-order valence-electron chi connectivity index (χ3n) is 4.81. The highest BCUT2D eigenvalue weighted by Gasteiger charge is 2.25. The van der Waals surface area contributed by atoms with Gasteiger partial charge in [0.05, 0.1) is 12.3 Å². The Hall–Kier alpha value is -2.07. The predicted molar refractivity (Wildman–Crippen MR) is 121 cm³/mol. The van der Waals surface area contributed by atoms with E-state index in [1.165, 1.54) is 12.8 Å². The fourth-order valence-electron chi connectivity index (χ4n) is 3.38. The number of benzene rings is 1. The summed E-state index contributed by atoms with van der Waals surface area (Å²) < 4.78 is 5.65. The highest BCUT2D eigenvalue weighted by atomic mass is 127. The maximum Gasteiger partial charge on any atom is 0.248 e. The van der Waals surface area contributed by atoms with E-state index in [0.29, 0.717) is 24.6 Å². The fourth-order valence-corrected chi connectivity index (χ4v) is 3.38. The number of amides is 1. The van der Waals surface area contributed by atoms with Crippen molar-refractivity contribution in [2.75, 3.05) is 26.7 Å². The average Bonchev–Trinajstić information content (AvgIpc) is 3.39. The molecule has 4 N–H and O–H groups in total. The lowest BCUT2D eigenvalue weighted by Crippen LogP contribution is -2.42. The Kier molecular flexibility index (Phi) is 8.78. The van der Waals surface area contributed by atoms with Crippen molar-refractivity contribution in [3.8, 4) is 0 Å². The molecule has 0 spiro atoms. The minimum Gasteiger partial charge on any atom is -0.468 e. The quantitative estimate of drug-likeness (QED) is 0.311. The van der Waals surface area contributed by atoms with Gasteiger partial charge in [-0.25, -0.2) is 0 Å². The lowest BCUT2D eigenvalue weighted by Gasteiger charge is -2.26. The van der Waals surface area contributed by atoms with Gasteiger partial charge in [0.1, 0.15) is 5.76 Å². The fraction of sp³-hybridized carbons (Fsp3) is 0.400. The summed E-state index contributed by atoms with van der Waals surface area (Å²) >= 11 is 0. The number of hydrogen-bond donors (Lipinski definition) is 3. The van der Waals surface area contributed by atoms with Gasteiger partial charge in [0.25, 0.3) is 0 Å². The van der Waals surface area contributed by atoms with E-state index in [-0.39, 0.29) is 30.0 Å². The zero-order valence-corrected chi connectivity index (χ0v) is 18.4. The molecule has 8 heteroatoms. The highest BCUT2D eigenvalue weighted by molar-refractivity contribution is 14.0. The van der Waals surface area contributed by atoms with Crippen LogP contribution >= 0.6 is 24.0 Å².